The average Bonchev–Trinajstić information content (AvgIpc) is 2.42. The molecule has 1 rings (SSSR count). The highest BCUT2D eigenvalue weighted by Crippen LogP contribution is 2.22. The van der Waals surface area contributed by atoms with Crippen LogP contribution in [-0.2, 0) is 4.79 Å². The van der Waals surface area contributed by atoms with Crippen molar-refractivity contribution in [3.63, 3.8) is 0 Å². The molecule has 0 aliphatic rings. The van der Waals surface area contributed by atoms with Gasteiger partial charge in [-0.1, -0.05) is 13.3 Å². The Labute approximate surface area is 111 Å². The SMILES string of the molecule is CCCCN(C)C(=O)COc1cccnc1[N+](=O)[O-]. The van der Waals surface area contributed by atoms with Crippen molar-refractivity contribution in [3.8, 4) is 5.75 Å². The van der Waals surface area contributed by atoms with Gasteiger partial charge in [-0.15, -0.1) is 0 Å². The van der Waals surface area contributed by atoms with Crippen molar-refractivity contribution in [2.75, 3.05) is 20.2 Å². The molecular formula is C12H17N3O4. The van der Waals surface area contributed by atoms with E-state index in [2.05, 4.69) is 4.98 Å². The molecule has 0 radical (unpaired) electrons. The van der Waals surface area contributed by atoms with Crippen molar-refractivity contribution < 1.29 is 14.5 Å². The number of rotatable bonds is 7. The van der Waals surface area contributed by atoms with Crippen molar-refractivity contribution >= 4 is 11.7 Å². The van der Waals surface area contributed by atoms with Gasteiger partial charge in [0.1, 0.15) is 6.20 Å². The van der Waals surface area contributed by atoms with E-state index in [1.807, 2.05) is 6.92 Å². The number of nitro groups is 1. The van der Waals surface area contributed by atoms with Crippen molar-refractivity contribution in [3.05, 3.63) is 28.4 Å². The van der Waals surface area contributed by atoms with Gasteiger partial charge in [-0.25, -0.2) is 0 Å². The van der Waals surface area contributed by atoms with Crippen LogP contribution in [0.3, 0.4) is 0 Å². The lowest BCUT2D eigenvalue weighted by atomic mass is 10.3. The van der Waals surface area contributed by atoms with Gasteiger partial charge in [-0.05, 0) is 28.5 Å². The van der Waals surface area contributed by atoms with Crippen LogP contribution in [0, 0.1) is 10.1 Å². The summed E-state index contributed by atoms with van der Waals surface area (Å²) < 4.78 is 5.17. The molecule has 0 saturated carbocycles. The number of hydrogen-bond acceptors (Lipinski definition) is 5. The molecular weight excluding hydrogens is 250 g/mol. The van der Waals surface area contributed by atoms with E-state index < -0.39 is 4.92 Å². The minimum Gasteiger partial charge on any atom is -0.476 e. The topological polar surface area (TPSA) is 85.6 Å². The van der Waals surface area contributed by atoms with E-state index in [0.717, 1.165) is 12.8 Å². The zero-order valence-electron chi connectivity index (χ0n) is 11.0. The number of aromatic nitrogens is 1. The molecule has 0 unspecified atom stereocenters. The molecule has 1 aromatic rings. The van der Waals surface area contributed by atoms with E-state index in [4.69, 9.17) is 4.74 Å². The third-order valence-corrected chi connectivity index (χ3v) is 2.55. The van der Waals surface area contributed by atoms with E-state index >= 15 is 0 Å². The second-order valence-corrected chi connectivity index (χ2v) is 4.04. The van der Waals surface area contributed by atoms with Gasteiger partial charge < -0.3 is 19.8 Å². The van der Waals surface area contributed by atoms with Gasteiger partial charge in [0.05, 0.1) is 0 Å². The molecule has 1 heterocycles. The van der Waals surface area contributed by atoms with Crippen LogP contribution in [0.4, 0.5) is 5.82 Å². The second kappa shape index (κ2) is 7.30. The van der Waals surface area contributed by atoms with Gasteiger partial charge in [-0.2, -0.15) is 0 Å². The van der Waals surface area contributed by atoms with Crippen molar-refractivity contribution in [2.24, 2.45) is 0 Å². The predicted octanol–water partition coefficient (Wildman–Crippen LogP) is 1.63. The normalized spacial score (nSPS) is 10.0. The maximum absolute atomic E-state index is 11.7. The Hall–Kier alpha value is -2.18. The molecule has 1 aromatic heterocycles. The maximum Gasteiger partial charge on any atom is 0.406 e. The van der Waals surface area contributed by atoms with Crippen LogP contribution in [0.2, 0.25) is 0 Å². The number of carbonyl (C=O) groups excluding carboxylic acids is 1. The number of carbonyl (C=O) groups is 1. The monoisotopic (exact) mass is 267 g/mol. The van der Waals surface area contributed by atoms with Crippen molar-refractivity contribution in [1.82, 2.24) is 9.88 Å². The number of hydrogen-bond donors (Lipinski definition) is 0. The number of unbranched alkanes of at least 4 members (excludes halogenated alkanes) is 1. The fourth-order valence-corrected chi connectivity index (χ4v) is 1.40. The first kappa shape index (κ1) is 14.9. The number of ether oxygens (including phenoxy) is 1. The Morgan fingerprint density at radius 1 is 1.58 bits per heavy atom. The molecule has 0 bridgehead atoms. The van der Waals surface area contributed by atoms with Gasteiger partial charge >= 0.3 is 5.82 Å². The Balaban J connectivity index is 2.57. The lowest BCUT2D eigenvalue weighted by Gasteiger charge is -2.16. The Bertz CT molecular complexity index is 450. The summed E-state index contributed by atoms with van der Waals surface area (Å²) in [5.41, 5.74) is 0. The fourth-order valence-electron chi connectivity index (χ4n) is 1.40. The van der Waals surface area contributed by atoms with Crippen molar-refractivity contribution in [2.45, 2.75) is 19.8 Å². The molecule has 0 fully saturated rings. The van der Waals surface area contributed by atoms with Crippen LogP contribution < -0.4 is 4.74 Å². The summed E-state index contributed by atoms with van der Waals surface area (Å²) >= 11 is 0. The highest BCUT2D eigenvalue weighted by molar-refractivity contribution is 5.77. The first-order valence-electron chi connectivity index (χ1n) is 6.02. The van der Waals surface area contributed by atoms with Crippen molar-refractivity contribution in [1.29, 1.82) is 0 Å². The summed E-state index contributed by atoms with van der Waals surface area (Å²) in [7, 11) is 1.68. The van der Waals surface area contributed by atoms with Crippen LogP contribution in [0.1, 0.15) is 19.8 Å². The maximum atomic E-state index is 11.7. The zero-order chi connectivity index (χ0) is 14.3. The van der Waals surface area contributed by atoms with Crippen LogP contribution in [0.15, 0.2) is 18.3 Å². The summed E-state index contributed by atoms with van der Waals surface area (Å²) in [5, 5.41) is 10.7. The molecule has 104 valence electrons. The van der Waals surface area contributed by atoms with E-state index in [1.54, 1.807) is 11.9 Å². The van der Waals surface area contributed by atoms with E-state index in [-0.39, 0.29) is 24.1 Å². The highest BCUT2D eigenvalue weighted by atomic mass is 16.6. The summed E-state index contributed by atoms with van der Waals surface area (Å²) in [6.07, 6.45) is 3.21. The molecule has 0 atom stereocenters. The van der Waals surface area contributed by atoms with E-state index in [9.17, 15) is 14.9 Å². The summed E-state index contributed by atoms with van der Waals surface area (Å²) in [5.74, 6) is -0.595. The van der Waals surface area contributed by atoms with Gasteiger partial charge in [0, 0.05) is 13.6 Å². The third-order valence-electron chi connectivity index (χ3n) is 2.55. The van der Waals surface area contributed by atoms with Gasteiger partial charge in [0.2, 0.25) is 5.75 Å². The lowest BCUT2D eigenvalue weighted by molar-refractivity contribution is -0.390. The largest absolute Gasteiger partial charge is 0.476 e. The molecule has 0 aromatic carbocycles. The molecule has 0 N–H and O–H groups in total. The molecule has 0 saturated heterocycles. The Morgan fingerprint density at radius 2 is 2.32 bits per heavy atom. The third kappa shape index (κ3) is 4.53. The van der Waals surface area contributed by atoms with Crippen LogP contribution in [0.25, 0.3) is 0 Å². The minimum absolute atomic E-state index is 0.00439. The molecule has 7 heteroatoms. The number of pyridine rings is 1. The number of nitrogens with zero attached hydrogens (tertiary/aromatic N) is 3. The smallest absolute Gasteiger partial charge is 0.406 e. The van der Waals surface area contributed by atoms with Crippen LogP contribution in [-0.4, -0.2) is 40.9 Å². The summed E-state index contributed by atoms with van der Waals surface area (Å²) in [6.45, 7) is 2.45. The first-order chi connectivity index (χ1) is 9.06. The van der Waals surface area contributed by atoms with Gasteiger partial charge in [-0.3, -0.25) is 4.79 Å². The average molecular weight is 267 g/mol. The van der Waals surface area contributed by atoms with E-state index in [1.165, 1.54) is 18.3 Å². The van der Waals surface area contributed by atoms with Gasteiger partial charge in [0.25, 0.3) is 5.91 Å². The van der Waals surface area contributed by atoms with Crippen LogP contribution in [0.5, 0.6) is 5.75 Å². The number of likely N-dealkylation sites (N-methyl/N-ethyl adjacent to an activating group) is 1. The Morgan fingerprint density at radius 3 is 2.95 bits per heavy atom. The van der Waals surface area contributed by atoms with Gasteiger partial charge in [0.15, 0.2) is 6.61 Å². The lowest BCUT2D eigenvalue weighted by Crippen LogP contribution is -2.32. The summed E-state index contributed by atoms with van der Waals surface area (Å²) in [4.78, 5) is 26.9. The quantitative estimate of drug-likeness (QED) is 0.553. The molecule has 0 aliphatic carbocycles. The predicted molar refractivity (Wildman–Crippen MR) is 68.9 cm³/mol. The minimum atomic E-state index is -0.638. The second-order valence-electron chi connectivity index (χ2n) is 4.04. The van der Waals surface area contributed by atoms with E-state index in [0.29, 0.717) is 6.54 Å². The number of amides is 1. The first-order valence-corrected chi connectivity index (χ1v) is 6.02. The molecule has 1 amide bonds. The zero-order valence-corrected chi connectivity index (χ0v) is 11.0. The molecule has 0 aliphatic heterocycles. The standard InChI is InChI=1S/C12H17N3O4/c1-3-4-8-14(2)11(16)9-19-10-6-5-7-13-12(10)15(17)18/h5-7H,3-4,8-9H2,1-2H3. The molecule has 19 heavy (non-hydrogen) atoms. The Kier molecular flexibility index (Phi) is 5.72. The molecule has 7 nitrogen and oxygen atoms in total. The highest BCUT2D eigenvalue weighted by Gasteiger charge is 2.17. The summed E-state index contributed by atoms with van der Waals surface area (Å²) in [6, 6.07) is 2.94. The molecule has 0 spiro atoms. The van der Waals surface area contributed by atoms with Crippen LogP contribution >= 0.6 is 0 Å². The fraction of sp³-hybridized carbons (Fsp3) is 0.500.